The third-order valence-electron chi connectivity index (χ3n) is 2.46. The van der Waals surface area contributed by atoms with Gasteiger partial charge in [0.15, 0.2) is 0 Å². The zero-order chi connectivity index (χ0) is 14.0. The van der Waals surface area contributed by atoms with E-state index in [2.05, 4.69) is 5.32 Å². The normalized spacial score (nSPS) is 11.4. The van der Waals surface area contributed by atoms with Gasteiger partial charge in [-0.05, 0) is 36.4 Å². The quantitative estimate of drug-likeness (QED) is 0.786. The zero-order valence-corrected chi connectivity index (χ0v) is 10.4. The highest BCUT2D eigenvalue weighted by Gasteiger charge is 2.30. The number of benzene rings is 2. The van der Waals surface area contributed by atoms with Crippen molar-refractivity contribution in [2.24, 2.45) is 0 Å². The van der Waals surface area contributed by atoms with Crippen LogP contribution in [0.4, 0.5) is 30.2 Å². The molecule has 0 bridgehead atoms. The molecule has 0 aliphatic carbocycles. The fraction of sp³-hybridized carbons (Fsp3) is 0.0769. The van der Waals surface area contributed by atoms with Crippen LogP contribution in [0.15, 0.2) is 42.5 Å². The van der Waals surface area contributed by atoms with Crippen molar-refractivity contribution in [1.82, 2.24) is 0 Å². The molecule has 0 radical (unpaired) electrons. The summed E-state index contributed by atoms with van der Waals surface area (Å²) < 4.78 is 37.8. The van der Waals surface area contributed by atoms with Crippen LogP contribution in [0.5, 0.6) is 0 Å². The minimum absolute atomic E-state index is 0.182. The number of nitrogen functional groups attached to an aromatic ring is 1. The average Bonchev–Trinajstić information content (AvgIpc) is 2.30. The number of nitrogens with two attached hydrogens (primary N) is 1. The molecule has 0 fully saturated rings. The molecule has 3 N–H and O–H groups in total. The van der Waals surface area contributed by atoms with Gasteiger partial charge in [0, 0.05) is 11.4 Å². The molecule has 100 valence electrons. The molecule has 6 heteroatoms. The largest absolute Gasteiger partial charge is 0.416 e. The Morgan fingerprint density at radius 3 is 2.42 bits per heavy atom. The first-order chi connectivity index (χ1) is 8.86. The number of hydrogen-bond donors (Lipinski definition) is 2. The summed E-state index contributed by atoms with van der Waals surface area (Å²) in [5.41, 5.74) is 6.10. The summed E-state index contributed by atoms with van der Waals surface area (Å²) in [6, 6.07) is 9.78. The van der Waals surface area contributed by atoms with Crippen LogP contribution in [-0.4, -0.2) is 0 Å². The van der Waals surface area contributed by atoms with Crippen molar-refractivity contribution in [2.45, 2.75) is 6.18 Å². The molecule has 2 aromatic carbocycles. The van der Waals surface area contributed by atoms with E-state index in [1.807, 2.05) is 0 Å². The monoisotopic (exact) mass is 286 g/mol. The van der Waals surface area contributed by atoms with Crippen LogP contribution >= 0.6 is 11.6 Å². The molecule has 0 atom stereocenters. The maximum Gasteiger partial charge on any atom is 0.416 e. The maximum atomic E-state index is 12.6. The number of hydrogen-bond acceptors (Lipinski definition) is 2. The number of halogens is 4. The predicted molar refractivity (Wildman–Crippen MR) is 70.6 cm³/mol. The van der Waals surface area contributed by atoms with E-state index in [9.17, 15) is 13.2 Å². The lowest BCUT2D eigenvalue weighted by Crippen LogP contribution is -2.05. The zero-order valence-electron chi connectivity index (χ0n) is 9.63. The number of alkyl halides is 3. The predicted octanol–water partition coefficient (Wildman–Crippen LogP) is 4.68. The van der Waals surface area contributed by atoms with Crippen molar-refractivity contribution in [2.75, 3.05) is 11.1 Å². The Bertz CT molecular complexity index is 597. The van der Waals surface area contributed by atoms with E-state index < -0.39 is 11.7 Å². The first-order valence-electron chi connectivity index (χ1n) is 5.35. The minimum atomic E-state index is -4.41. The van der Waals surface area contributed by atoms with Crippen molar-refractivity contribution in [3.05, 3.63) is 53.1 Å². The fourth-order valence-electron chi connectivity index (χ4n) is 1.57. The van der Waals surface area contributed by atoms with E-state index in [1.165, 1.54) is 6.07 Å². The highest BCUT2D eigenvalue weighted by Crippen LogP contribution is 2.35. The van der Waals surface area contributed by atoms with Crippen molar-refractivity contribution in [1.29, 1.82) is 0 Å². The Balaban J connectivity index is 2.34. The fourth-order valence-corrected chi connectivity index (χ4v) is 1.73. The van der Waals surface area contributed by atoms with E-state index >= 15 is 0 Å². The Kier molecular flexibility index (Phi) is 3.57. The number of anilines is 3. The lowest BCUT2D eigenvalue weighted by Gasteiger charge is -2.12. The molecular formula is C13H10ClF3N2. The van der Waals surface area contributed by atoms with Crippen LogP contribution in [0.25, 0.3) is 0 Å². The third-order valence-corrected chi connectivity index (χ3v) is 2.79. The second-order valence-electron chi connectivity index (χ2n) is 3.94. The van der Waals surface area contributed by atoms with Gasteiger partial charge in [-0.1, -0.05) is 17.7 Å². The lowest BCUT2D eigenvalue weighted by molar-refractivity contribution is -0.137. The van der Waals surface area contributed by atoms with E-state index in [-0.39, 0.29) is 10.7 Å². The molecule has 2 nitrogen and oxygen atoms in total. The second kappa shape index (κ2) is 5.01. The summed E-state index contributed by atoms with van der Waals surface area (Å²) >= 11 is 5.87. The SMILES string of the molecule is Nc1cccc(Nc2cc(C(F)(F)F)ccc2Cl)c1. The van der Waals surface area contributed by atoms with Gasteiger partial charge in [0.2, 0.25) is 0 Å². The molecule has 0 saturated carbocycles. The molecule has 0 saturated heterocycles. The highest BCUT2D eigenvalue weighted by molar-refractivity contribution is 6.33. The number of nitrogens with one attached hydrogen (secondary N) is 1. The molecule has 0 heterocycles. The smallest absolute Gasteiger partial charge is 0.399 e. The Morgan fingerprint density at radius 2 is 1.79 bits per heavy atom. The van der Waals surface area contributed by atoms with Crippen LogP contribution in [0, 0.1) is 0 Å². The van der Waals surface area contributed by atoms with Gasteiger partial charge in [-0.15, -0.1) is 0 Å². The van der Waals surface area contributed by atoms with Crippen molar-refractivity contribution in [3.63, 3.8) is 0 Å². The van der Waals surface area contributed by atoms with Gasteiger partial charge >= 0.3 is 6.18 Å². The van der Waals surface area contributed by atoms with Gasteiger partial charge in [0.1, 0.15) is 0 Å². The Morgan fingerprint density at radius 1 is 1.05 bits per heavy atom. The summed E-state index contributed by atoms with van der Waals surface area (Å²) in [6.07, 6.45) is -4.41. The van der Waals surface area contributed by atoms with Crippen molar-refractivity contribution >= 4 is 28.7 Å². The van der Waals surface area contributed by atoms with Crippen molar-refractivity contribution < 1.29 is 13.2 Å². The second-order valence-corrected chi connectivity index (χ2v) is 4.35. The minimum Gasteiger partial charge on any atom is -0.399 e. The molecule has 0 aromatic heterocycles. The van der Waals surface area contributed by atoms with E-state index in [0.717, 1.165) is 12.1 Å². The van der Waals surface area contributed by atoms with Crippen LogP contribution in [-0.2, 0) is 6.18 Å². The Hall–Kier alpha value is -1.88. The third kappa shape index (κ3) is 3.32. The average molecular weight is 287 g/mol. The van der Waals surface area contributed by atoms with Gasteiger partial charge in [0.25, 0.3) is 0 Å². The van der Waals surface area contributed by atoms with Gasteiger partial charge in [-0.2, -0.15) is 13.2 Å². The molecule has 19 heavy (non-hydrogen) atoms. The molecule has 0 spiro atoms. The molecule has 0 aliphatic heterocycles. The summed E-state index contributed by atoms with van der Waals surface area (Å²) in [5, 5.41) is 3.02. The highest BCUT2D eigenvalue weighted by atomic mass is 35.5. The molecule has 0 amide bonds. The van der Waals surface area contributed by atoms with Crippen LogP contribution in [0.1, 0.15) is 5.56 Å². The molecule has 0 aliphatic rings. The van der Waals surface area contributed by atoms with Gasteiger partial charge < -0.3 is 11.1 Å². The molecule has 2 rings (SSSR count). The summed E-state index contributed by atoms with van der Waals surface area (Å²) in [6.45, 7) is 0. The van der Waals surface area contributed by atoms with Crippen LogP contribution in [0.3, 0.4) is 0 Å². The van der Waals surface area contributed by atoms with Gasteiger partial charge in [-0.3, -0.25) is 0 Å². The van der Waals surface area contributed by atoms with E-state index in [4.69, 9.17) is 17.3 Å². The van der Waals surface area contributed by atoms with Crippen LogP contribution < -0.4 is 11.1 Å². The lowest BCUT2D eigenvalue weighted by atomic mass is 10.2. The molecule has 0 unspecified atom stereocenters. The van der Waals surface area contributed by atoms with E-state index in [1.54, 1.807) is 24.3 Å². The molecular weight excluding hydrogens is 277 g/mol. The standard InChI is InChI=1S/C13H10ClF3N2/c14-11-5-4-8(13(15,16)17)6-12(11)19-10-3-1-2-9(18)7-10/h1-7,19H,18H2. The summed E-state index contributed by atoms with van der Waals surface area (Å²) in [4.78, 5) is 0. The number of rotatable bonds is 2. The maximum absolute atomic E-state index is 12.6. The first-order valence-corrected chi connectivity index (χ1v) is 5.73. The summed E-state index contributed by atoms with van der Waals surface area (Å²) in [7, 11) is 0. The topological polar surface area (TPSA) is 38.0 Å². The molecule has 2 aromatic rings. The van der Waals surface area contributed by atoms with Gasteiger partial charge in [0.05, 0.1) is 16.3 Å². The Labute approximate surface area is 113 Å². The van der Waals surface area contributed by atoms with Crippen molar-refractivity contribution in [3.8, 4) is 0 Å². The van der Waals surface area contributed by atoms with E-state index in [0.29, 0.717) is 11.4 Å². The first kappa shape index (κ1) is 13.5. The van der Waals surface area contributed by atoms with Gasteiger partial charge in [-0.25, -0.2) is 0 Å². The van der Waals surface area contributed by atoms with Crippen LogP contribution in [0.2, 0.25) is 5.02 Å². The summed E-state index contributed by atoms with van der Waals surface area (Å²) in [5.74, 6) is 0.